The van der Waals surface area contributed by atoms with Gasteiger partial charge in [-0.15, -0.1) is 0 Å². The van der Waals surface area contributed by atoms with E-state index in [4.69, 9.17) is 0 Å². The molecular formula is C15H18. The molecule has 0 unspecified atom stereocenters. The maximum absolute atomic E-state index is 2.28. The zero-order chi connectivity index (χ0) is 10.8. The van der Waals surface area contributed by atoms with E-state index in [9.17, 15) is 0 Å². The largest absolute Gasteiger partial charge is 0.0616 e. The van der Waals surface area contributed by atoms with Crippen LogP contribution >= 0.6 is 0 Å². The molecule has 0 atom stereocenters. The van der Waals surface area contributed by atoms with E-state index in [0.29, 0.717) is 5.92 Å². The first-order valence-corrected chi connectivity index (χ1v) is 5.74. The Morgan fingerprint density at radius 1 is 1.00 bits per heavy atom. The Morgan fingerprint density at radius 2 is 1.73 bits per heavy atom. The first kappa shape index (κ1) is 10.2. The van der Waals surface area contributed by atoms with Gasteiger partial charge in [-0.3, -0.25) is 0 Å². The quantitative estimate of drug-likeness (QED) is 0.665. The SMILES string of the molecule is CCc1ccc2ccccc2c1C(C)C. The first-order valence-electron chi connectivity index (χ1n) is 5.74. The highest BCUT2D eigenvalue weighted by Crippen LogP contribution is 2.29. The third-order valence-electron chi connectivity index (χ3n) is 3.02. The summed E-state index contributed by atoms with van der Waals surface area (Å²) < 4.78 is 0. The van der Waals surface area contributed by atoms with Gasteiger partial charge >= 0.3 is 0 Å². The monoisotopic (exact) mass is 198 g/mol. The van der Waals surface area contributed by atoms with Crippen molar-refractivity contribution >= 4 is 10.8 Å². The predicted molar refractivity (Wildman–Crippen MR) is 67.4 cm³/mol. The van der Waals surface area contributed by atoms with Gasteiger partial charge in [-0.25, -0.2) is 0 Å². The van der Waals surface area contributed by atoms with Crippen molar-refractivity contribution in [1.29, 1.82) is 0 Å². The molecule has 15 heavy (non-hydrogen) atoms. The summed E-state index contributed by atoms with van der Waals surface area (Å²) in [6, 6.07) is 13.2. The van der Waals surface area contributed by atoms with Gasteiger partial charge in [0.25, 0.3) is 0 Å². The maximum Gasteiger partial charge on any atom is -0.0147 e. The van der Waals surface area contributed by atoms with E-state index in [0.717, 1.165) is 6.42 Å². The maximum atomic E-state index is 2.28. The van der Waals surface area contributed by atoms with Crippen molar-refractivity contribution in [3.8, 4) is 0 Å². The Morgan fingerprint density at radius 3 is 2.40 bits per heavy atom. The van der Waals surface area contributed by atoms with Gasteiger partial charge in [0.15, 0.2) is 0 Å². The normalized spacial score (nSPS) is 11.2. The molecule has 0 N–H and O–H groups in total. The lowest BCUT2D eigenvalue weighted by atomic mass is 9.90. The van der Waals surface area contributed by atoms with Crippen molar-refractivity contribution in [1.82, 2.24) is 0 Å². The molecule has 0 heterocycles. The molecule has 0 saturated carbocycles. The third kappa shape index (κ3) is 1.77. The average Bonchev–Trinajstić information content (AvgIpc) is 2.27. The minimum absolute atomic E-state index is 0.603. The van der Waals surface area contributed by atoms with E-state index >= 15 is 0 Å². The van der Waals surface area contributed by atoms with Crippen molar-refractivity contribution in [2.45, 2.75) is 33.1 Å². The molecule has 0 aliphatic carbocycles. The molecule has 0 fully saturated rings. The van der Waals surface area contributed by atoms with Crippen molar-refractivity contribution in [3.05, 3.63) is 47.5 Å². The minimum Gasteiger partial charge on any atom is -0.0616 e. The van der Waals surface area contributed by atoms with Crippen molar-refractivity contribution in [2.24, 2.45) is 0 Å². The van der Waals surface area contributed by atoms with Crippen LogP contribution in [0, 0.1) is 0 Å². The molecule has 0 heteroatoms. The summed E-state index contributed by atoms with van der Waals surface area (Å²) in [5.41, 5.74) is 3.01. The van der Waals surface area contributed by atoms with Crippen LogP contribution in [0.3, 0.4) is 0 Å². The predicted octanol–water partition coefficient (Wildman–Crippen LogP) is 4.53. The number of hydrogen-bond acceptors (Lipinski definition) is 0. The molecule has 2 aromatic carbocycles. The van der Waals surface area contributed by atoms with Crippen LogP contribution in [0.1, 0.15) is 37.8 Å². The highest BCUT2D eigenvalue weighted by molar-refractivity contribution is 5.87. The number of rotatable bonds is 2. The van der Waals surface area contributed by atoms with Gasteiger partial charge in [0.2, 0.25) is 0 Å². The first-order chi connectivity index (χ1) is 7.24. The van der Waals surface area contributed by atoms with Gasteiger partial charge in [-0.1, -0.05) is 57.2 Å². The minimum atomic E-state index is 0.603. The Balaban J connectivity index is 2.79. The molecule has 2 rings (SSSR count). The molecule has 0 saturated heterocycles. The number of aryl methyl sites for hydroxylation is 1. The van der Waals surface area contributed by atoms with E-state index in [-0.39, 0.29) is 0 Å². The van der Waals surface area contributed by atoms with E-state index in [1.807, 2.05) is 0 Å². The Labute approximate surface area is 91.9 Å². The van der Waals surface area contributed by atoms with Crippen molar-refractivity contribution < 1.29 is 0 Å². The van der Waals surface area contributed by atoms with E-state index in [1.165, 1.54) is 21.9 Å². The lowest BCUT2D eigenvalue weighted by molar-refractivity contribution is 0.854. The second-order valence-electron chi connectivity index (χ2n) is 4.37. The molecule has 0 spiro atoms. The smallest absolute Gasteiger partial charge is 0.0147 e. The summed E-state index contributed by atoms with van der Waals surface area (Å²) in [4.78, 5) is 0. The zero-order valence-corrected chi connectivity index (χ0v) is 9.75. The second kappa shape index (κ2) is 4.06. The summed E-state index contributed by atoms with van der Waals surface area (Å²) in [6.45, 7) is 6.79. The van der Waals surface area contributed by atoms with Crippen LogP contribution in [-0.4, -0.2) is 0 Å². The summed E-state index contributed by atoms with van der Waals surface area (Å²) in [7, 11) is 0. The molecule has 0 aliphatic heterocycles. The summed E-state index contributed by atoms with van der Waals surface area (Å²) in [6.07, 6.45) is 1.12. The van der Waals surface area contributed by atoms with Crippen molar-refractivity contribution in [3.63, 3.8) is 0 Å². The van der Waals surface area contributed by atoms with Crippen LogP contribution in [0.4, 0.5) is 0 Å². The second-order valence-corrected chi connectivity index (χ2v) is 4.37. The Kier molecular flexibility index (Phi) is 2.77. The summed E-state index contributed by atoms with van der Waals surface area (Å²) in [5.74, 6) is 0.603. The molecule has 0 nitrogen and oxygen atoms in total. The van der Waals surface area contributed by atoms with Gasteiger partial charge in [0, 0.05) is 0 Å². The highest BCUT2D eigenvalue weighted by Gasteiger charge is 2.09. The fourth-order valence-electron chi connectivity index (χ4n) is 2.33. The standard InChI is InChI=1S/C15H18/c1-4-12-9-10-13-7-5-6-8-14(13)15(12)11(2)3/h5-11H,4H2,1-3H3. The average molecular weight is 198 g/mol. The van der Waals surface area contributed by atoms with E-state index in [1.54, 1.807) is 0 Å². The molecule has 0 aliphatic rings. The Bertz CT molecular complexity index is 466. The van der Waals surface area contributed by atoms with Crippen LogP contribution in [0.2, 0.25) is 0 Å². The van der Waals surface area contributed by atoms with Crippen LogP contribution < -0.4 is 0 Å². The Hall–Kier alpha value is -1.30. The summed E-state index contributed by atoms with van der Waals surface area (Å²) in [5, 5.41) is 2.78. The number of hydrogen-bond donors (Lipinski definition) is 0. The van der Waals surface area contributed by atoms with Gasteiger partial charge in [0.05, 0.1) is 0 Å². The molecule has 0 aromatic heterocycles. The lowest BCUT2D eigenvalue weighted by Gasteiger charge is -2.15. The third-order valence-corrected chi connectivity index (χ3v) is 3.02. The molecule has 0 amide bonds. The van der Waals surface area contributed by atoms with Crippen molar-refractivity contribution in [2.75, 3.05) is 0 Å². The fourth-order valence-corrected chi connectivity index (χ4v) is 2.33. The molecule has 0 radical (unpaired) electrons. The van der Waals surface area contributed by atoms with Gasteiger partial charge in [-0.05, 0) is 34.2 Å². The lowest BCUT2D eigenvalue weighted by Crippen LogP contribution is -1.96. The van der Waals surface area contributed by atoms with Crippen LogP contribution in [0.25, 0.3) is 10.8 Å². The molecular weight excluding hydrogens is 180 g/mol. The molecule has 0 bridgehead atoms. The van der Waals surface area contributed by atoms with Gasteiger partial charge < -0.3 is 0 Å². The van der Waals surface area contributed by atoms with Crippen LogP contribution in [0.15, 0.2) is 36.4 Å². The van der Waals surface area contributed by atoms with Crippen LogP contribution in [-0.2, 0) is 6.42 Å². The number of benzene rings is 2. The number of fused-ring (bicyclic) bond motifs is 1. The van der Waals surface area contributed by atoms with E-state index < -0.39 is 0 Å². The van der Waals surface area contributed by atoms with Gasteiger partial charge in [0.1, 0.15) is 0 Å². The van der Waals surface area contributed by atoms with Crippen LogP contribution in [0.5, 0.6) is 0 Å². The molecule has 2 aromatic rings. The fraction of sp³-hybridized carbons (Fsp3) is 0.333. The molecule has 78 valence electrons. The van der Waals surface area contributed by atoms with Gasteiger partial charge in [-0.2, -0.15) is 0 Å². The van der Waals surface area contributed by atoms with E-state index in [2.05, 4.69) is 57.2 Å². The topological polar surface area (TPSA) is 0 Å². The summed E-state index contributed by atoms with van der Waals surface area (Å²) >= 11 is 0. The zero-order valence-electron chi connectivity index (χ0n) is 9.75. The highest BCUT2D eigenvalue weighted by atomic mass is 14.1.